The molecule has 0 atom stereocenters. The molecular weight excluding hydrogens is 453 g/mol. The van der Waals surface area contributed by atoms with Crippen molar-refractivity contribution in [3.05, 3.63) is 68.4 Å². The number of ether oxygens (including phenoxy) is 1. The van der Waals surface area contributed by atoms with Crippen molar-refractivity contribution < 1.29 is 14.5 Å². The predicted octanol–water partition coefficient (Wildman–Crippen LogP) is 4.34. The van der Waals surface area contributed by atoms with Crippen molar-refractivity contribution in [1.82, 2.24) is 14.8 Å². The van der Waals surface area contributed by atoms with Crippen LogP contribution in [0.1, 0.15) is 5.82 Å². The number of nitro groups is 1. The van der Waals surface area contributed by atoms with Gasteiger partial charge in [-0.15, -0.1) is 10.2 Å². The zero-order valence-electron chi connectivity index (χ0n) is 15.5. The highest BCUT2D eigenvalue weighted by atomic mass is 35.5. The van der Waals surface area contributed by atoms with Crippen LogP contribution >= 0.6 is 35.0 Å². The van der Waals surface area contributed by atoms with E-state index in [-0.39, 0.29) is 24.0 Å². The minimum Gasteiger partial charge on any atom is -0.484 e. The summed E-state index contributed by atoms with van der Waals surface area (Å²) >= 11 is 13.1. The molecule has 0 fully saturated rings. The molecule has 0 radical (unpaired) electrons. The summed E-state index contributed by atoms with van der Waals surface area (Å²) in [5.41, 5.74) is 0.425. The summed E-state index contributed by atoms with van der Waals surface area (Å²) < 4.78 is 7.37. The van der Waals surface area contributed by atoms with Crippen LogP contribution in [0.5, 0.6) is 5.75 Å². The molecule has 2 aromatic carbocycles. The number of thioether (sulfide) groups is 1. The summed E-state index contributed by atoms with van der Waals surface area (Å²) in [6.45, 7) is 0.139. The number of anilines is 1. The third-order valence-electron chi connectivity index (χ3n) is 3.87. The molecule has 1 N–H and O–H groups in total. The lowest BCUT2D eigenvalue weighted by Crippen LogP contribution is -2.14. The number of benzene rings is 2. The standard InChI is InChI=1S/C18H15Cl2N5O4S/c1-24-16(9-29-15-7-2-11(19)8-14(15)20)22-23-18(24)30-10-17(26)21-12-3-5-13(6-4-12)25(27)28/h2-8H,9-10H2,1H3,(H,21,26). The molecule has 0 aliphatic carbocycles. The summed E-state index contributed by atoms with van der Waals surface area (Å²) in [5.74, 6) is 0.843. The number of nitrogens with zero attached hydrogens (tertiary/aromatic N) is 4. The van der Waals surface area contributed by atoms with Gasteiger partial charge in [0.2, 0.25) is 5.91 Å². The van der Waals surface area contributed by atoms with E-state index in [1.807, 2.05) is 0 Å². The molecule has 0 unspecified atom stereocenters. The number of nitro benzene ring substituents is 1. The Balaban J connectivity index is 1.53. The van der Waals surface area contributed by atoms with E-state index in [1.54, 1.807) is 29.8 Å². The molecule has 0 saturated carbocycles. The molecule has 1 amide bonds. The Bertz CT molecular complexity index is 1070. The van der Waals surface area contributed by atoms with Gasteiger partial charge in [-0.2, -0.15) is 0 Å². The SMILES string of the molecule is Cn1c(COc2ccc(Cl)cc2Cl)nnc1SCC(=O)Nc1ccc([N+](=O)[O-])cc1. The zero-order valence-corrected chi connectivity index (χ0v) is 17.9. The van der Waals surface area contributed by atoms with Gasteiger partial charge in [-0.3, -0.25) is 14.9 Å². The van der Waals surface area contributed by atoms with E-state index in [2.05, 4.69) is 15.5 Å². The molecule has 3 rings (SSSR count). The molecule has 0 aliphatic heterocycles. The Morgan fingerprint density at radius 2 is 1.97 bits per heavy atom. The van der Waals surface area contributed by atoms with E-state index in [4.69, 9.17) is 27.9 Å². The van der Waals surface area contributed by atoms with Crippen LogP contribution < -0.4 is 10.1 Å². The number of non-ortho nitro benzene ring substituents is 1. The van der Waals surface area contributed by atoms with Gasteiger partial charge in [0.15, 0.2) is 11.0 Å². The Morgan fingerprint density at radius 1 is 1.23 bits per heavy atom. The van der Waals surface area contributed by atoms with Crippen molar-refractivity contribution in [2.75, 3.05) is 11.1 Å². The smallest absolute Gasteiger partial charge is 0.269 e. The summed E-state index contributed by atoms with van der Waals surface area (Å²) in [6, 6.07) is 10.5. The van der Waals surface area contributed by atoms with Crippen LogP contribution in [0, 0.1) is 10.1 Å². The first-order valence-electron chi connectivity index (χ1n) is 8.46. The third-order valence-corrected chi connectivity index (χ3v) is 5.42. The van der Waals surface area contributed by atoms with E-state index in [9.17, 15) is 14.9 Å². The Hall–Kier alpha value is -2.82. The summed E-state index contributed by atoms with van der Waals surface area (Å²) in [6.07, 6.45) is 0. The van der Waals surface area contributed by atoms with Crippen molar-refractivity contribution in [2.45, 2.75) is 11.8 Å². The van der Waals surface area contributed by atoms with Crippen molar-refractivity contribution in [3.63, 3.8) is 0 Å². The predicted molar refractivity (Wildman–Crippen MR) is 114 cm³/mol. The number of carbonyl (C=O) groups is 1. The maximum absolute atomic E-state index is 12.1. The molecule has 3 aromatic rings. The van der Waals surface area contributed by atoms with Crippen molar-refractivity contribution in [1.29, 1.82) is 0 Å². The lowest BCUT2D eigenvalue weighted by molar-refractivity contribution is -0.384. The summed E-state index contributed by atoms with van der Waals surface area (Å²) in [5, 5.41) is 22.9. The average Bonchev–Trinajstić information content (AvgIpc) is 3.06. The fourth-order valence-corrected chi connectivity index (χ4v) is 3.52. The van der Waals surface area contributed by atoms with Gasteiger partial charge in [0.05, 0.1) is 15.7 Å². The first kappa shape index (κ1) is 21.9. The van der Waals surface area contributed by atoms with Gasteiger partial charge in [0.25, 0.3) is 5.69 Å². The second kappa shape index (κ2) is 9.79. The minimum absolute atomic E-state index is 0.0453. The number of rotatable bonds is 8. The maximum Gasteiger partial charge on any atom is 0.269 e. The topological polar surface area (TPSA) is 112 Å². The van der Waals surface area contributed by atoms with Gasteiger partial charge >= 0.3 is 0 Å². The number of hydrogen-bond acceptors (Lipinski definition) is 7. The van der Waals surface area contributed by atoms with Gasteiger partial charge in [0.1, 0.15) is 12.4 Å². The highest BCUT2D eigenvalue weighted by Gasteiger charge is 2.13. The van der Waals surface area contributed by atoms with Crippen LogP contribution in [0.15, 0.2) is 47.6 Å². The summed E-state index contributed by atoms with van der Waals surface area (Å²) in [7, 11) is 1.76. The van der Waals surface area contributed by atoms with Crippen LogP contribution in [0.2, 0.25) is 10.0 Å². The van der Waals surface area contributed by atoms with Gasteiger partial charge in [-0.1, -0.05) is 35.0 Å². The first-order chi connectivity index (χ1) is 14.3. The molecule has 0 spiro atoms. The normalized spacial score (nSPS) is 10.6. The zero-order chi connectivity index (χ0) is 21.7. The van der Waals surface area contributed by atoms with E-state index >= 15 is 0 Å². The van der Waals surface area contributed by atoms with Gasteiger partial charge in [0, 0.05) is 29.9 Å². The number of carbonyl (C=O) groups excluding carboxylic acids is 1. The van der Waals surface area contributed by atoms with E-state index in [0.29, 0.717) is 32.5 Å². The van der Waals surface area contributed by atoms with Gasteiger partial charge < -0.3 is 14.6 Å². The van der Waals surface area contributed by atoms with Crippen LogP contribution in [-0.4, -0.2) is 31.3 Å². The quantitative estimate of drug-likeness (QED) is 0.297. The molecule has 9 nitrogen and oxygen atoms in total. The average molecular weight is 468 g/mol. The lowest BCUT2D eigenvalue weighted by atomic mass is 10.3. The minimum atomic E-state index is -0.502. The maximum atomic E-state index is 12.1. The molecule has 12 heteroatoms. The molecule has 0 saturated heterocycles. The van der Waals surface area contributed by atoms with Gasteiger partial charge in [-0.25, -0.2) is 0 Å². The monoisotopic (exact) mass is 467 g/mol. The van der Waals surface area contributed by atoms with Gasteiger partial charge in [-0.05, 0) is 30.3 Å². The van der Waals surface area contributed by atoms with Crippen LogP contribution in [0.25, 0.3) is 0 Å². The highest BCUT2D eigenvalue weighted by molar-refractivity contribution is 7.99. The molecular formula is C18H15Cl2N5O4S. The van der Waals surface area contributed by atoms with Crippen molar-refractivity contribution in [3.8, 4) is 5.75 Å². The molecule has 30 heavy (non-hydrogen) atoms. The van der Waals surface area contributed by atoms with Crippen LogP contribution in [-0.2, 0) is 18.4 Å². The molecule has 156 valence electrons. The largest absolute Gasteiger partial charge is 0.484 e. The number of aromatic nitrogens is 3. The third kappa shape index (κ3) is 5.62. The Labute approximate surface area is 185 Å². The number of amides is 1. The molecule has 1 heterocycles. The van der Waals surface area contributed by atoms with E-state index in [0.717, 1.165) is 0 Å². The number of nitrogens with one attached hydrogen (secondary N) is 1. The lowest BCUT2D eigenvalue weighted by Gasteiger charge is -2.08. The van der Waals surface area contributed by atoms with Crippen molar-refractivity contribution >= 4 is 52.2 Å². The Kier molecular flexibility index (Phi) is 7.14. The highest BCUT2D eigenvalue weighted by Crippen LogP contribution is 2.28. The summed E-state index contributed by atoms with van der Waals surface area (Å²) in [4.78, 5) is 22.3. The van der Waals surface area contributed by atoms with Crippen molar-refractivity contribution in [2.24, 2.45) is 7.05 Å². The number of halogens is 2. The van der Waals surface area contributed by atoms with E-state index < -0.39 is 4.92 Å². The fourth-order valence-electron chi connectivity index (χ4n) is 2.32. The van der Waals surface area contributed by atoms with Crippen LogP contribution in [0.3, 0.4) is 0 Å². The second-order valence-electron chi connectivity index (χ2n) is 5.96. The molecule has 0 aliphatic rings. The Morgan fingerprint density at radius 3 is 2.63 bits per heavy atom. The first-order valence-corrected chi connectivity index (χ1v) is 10.2. The molecule has 0 bridgehead atoms. The van der Waals surface area contributed by atoms with E-state index in [1.165, 1.54) is 36.0 Å². The fraction of sp³-hybridized carbons (Fsp3) is 0.167. The molecule has 1 aromatic heterocycles. The second-order valence-corrected chi connectivity index (χ2v) is 7.75. The van der Waals surface area contributed by atoms with Crippen LogP contribution in [0.4, 0.5) is 11.4 Å². The number of hydrogen-bond donors (Lipinski definition) is 1.